The second-order valence-corrected chi connectivity index (χ2v) is 8.66. The molecule has 22 heavy (non-hydrogen) atoms. The van der Waals surface area contributed by atoms with Crippen molar-refractivity contribution in [3.63, 3.8) is 0 Å². The van der Waals surface area contributed by atoms with Crippen LogP contribution in [0.15, 0.2) is 23.7 Å². The molecule has 1 fully saturated rings. The lowest BCUT2D eigenvalue weighted by Gasteiger charge is -2.13. The molecule has 5 nitrogen and oxygen atoms in total. The predicted molar refractivity (Wildman–Crippen MR) is 88.3 cm³/mol. The number of pyridine rings is 1. The average molecular weight is 337 g/mol. The molecule has 3 rings (SSSR count). The second kappa shape index (κ2) is 6.06. The molecular weight excluding hydrogens is 318 g/mol. The van der Waals surface area contributed by atoms with E-state index in [4.69, 9.17) is 0 Å². The maximum atomic E-state index is 11.6. The SMILES string of the molecule is Cc1csc(-c2cc(C[C@H]3CCN(S(C)(=O)=O)C3)ccn2)n1. The number of hydrogen-bond donors (Lipinski definition) is 0. The third kappa shape index (κ3) is 3.53. The van der Waals surface area contributed by atoms with E-state index in [0.29, 0.717) is 19.0 Å². The molecule has 0 saturated carbocycles. The quantitative estimate of drug-likeness (QED) is 0.859. The summed E-state index contributed by atoms with van der Waals surface area (Å²) in [5.74, 6) is 0.378. The Morgan fingerprint density at radius 2 is 2.27 bits per heavy atom. The highest BCUT2D eigenvalue weighted by molar-refractivity contribution is 7.88. The van der Waals surface area contributed by atoms with E-state index in [1.165, 1.54) is 11.8 Å². The number of hydrogen-bond acceptors (Lipinski definition) is 5. The first-order valence-corrected chi connectivity index (χ1v) is 9.97. The van der Waals surface area contributed by atoms with Crippen LogP contribution >= 0.6 is 11.3 Å². The molecule has 0 unspecified atom stereocenters. The van der Waals surface area contributed by atoms with Crippen molar-refractivity contribution in [2.24, 2.45) is 5.92 Å². The third-order valence-electron chi connectivity index (χ3n) is 3.90. The molecule has 0 spiro atoms. The summed E-state index contributed by atoms with van der Waals surface area (Å²) in [6, 6.07) is 4.08. The number of sulfonamides is 1. The summed E-state index contributed by atoms with van der Waals surface area (Å²) in [4.78, 5) is 8.86. The van der Waals surface area contributed by atoms with Gasteiger partial charge in [0.25, 0.3) is 0 Å². The first-order chi connectivity index (χ1) is 10.4. The molecule has 0 bridgehead atoms. The van der Waals surface area contributed by atoms with E-state index in [1.807, 2.05) is 24.6 Å². The minimum atomic E-state index is -3.06. The van der Waals surface area contributed by atoms with Gasteiger partial charge in [-0.05, 0) is 43.4 Å². The van der Waals surface area contributed by atoms with Gasteiger partial charge in [0, 0.05) is 30.4 Å². The number of rotatable bonds is 4. The third-order valence-corrected chi connectivity index (χ3v) is 6.16. The highest BCUT2D eigenvalue weighted by atomic mass is 32.2. The van der Waals surface area contributed by atoms with Gasteiger partial charge in [-0.1, -0.05) is 0 Å². The molecule has 118 valence electrons. The van der Waals surface area contributed by atoms with Gasteiger partial charge in [0.15, 0.2) is 0 Å². The zero-order valence-corrected chi connectivity index (χ0v) is 14.3. The fourth-order valence-corrected chi connectivity index (χ4v) is 4.47. The van der Waals surface area contributed by atoms with Gasteiger partial charge in [-0.25, -0.2) is 17.7 Å². The predicted octanol–water partition coefficient (Wildman–Crippen LogP) is 2.34. The summed E-state index contributed by atoms with van der Waals surface area (Å²) in [6.07, 6.45) is 4.89. The van der Waals surface area contributed by atoms with E-state index >= 15 is 0 Å². The van der Waals surface area contributed by atoms with Crippen LogP contribution in [-0.2, 0) is 16.4 Å². The largest absolute Gasteiger partial charge is 0.254 e. The van der Waals surface area contributed by atoms with Crippen molar-refractivity contribution in [2.45, 2.75) is 19.8 Å². The molecule has 1 aliphatic rings. The van der Waals surface area contributed by atoms with E-state index in [2.05, 4.69) is 16.0 Å². The first kappa shape index (κ1) is 15.6. The maximum absolute atomic E-state index is 11.6. The van der Waals surface area contributed by atoms with Crippen LogP contribution in [-0.4, -0.2) is 42.0 Å². The Balaban J connectivity index is 1.72. The van der Waals surface area contributed by atoms with Gasteiger partial charge in [-0.3, -0.25) is 4.98 Å². The Bertz CT molecular complexity index is 771. The summed E-state index contributed by atoms with van der Waals surface area (Å²) in [5.41, 5.74) is 3.10. The molecule has 1 aliphatic heterocycles. The number of aromatic nitrogens is 2. The Morgan fingerprint density at radius 1 is 1.45 bits per heavy atom. The van der Waals surface area contributed by atoms with E-state index in [1.54, 1.807) is 15.6 Å². The molecule has 3 heterocycles. The average Bonchev–Trinajstić information content (AvgIpc) is 3.08. The maximum Gasteiger partial charge on any atom is 0.211 e. The molecule has 0 radical (unpaired) electrons. The molecule has 2 aromatic rings. The Kier molecular flexibility index (Phi) is 4.29. The molecule has 0 amide bonds. The number of thiazole rings is 1. The summed E-state index contributed by atoms with van der Waals surface area (Å²) < 4.78 is 24.7. The Labute approximate surface area is 135 Å². The van der Waals surface area contributed by atoms with Gasteiger partial charge < -0.3 is 0 Å². The molecule has 2 aromatic heterocycles. The van der Waals surface area contributed by atoms with Crippen molar-refractivity contribution in [2.75, 3.05) is 19.3 Å². The van der Waals surface area contributed by atoms with Crippen molar-refractivity contribution >= 4 is 21.4 Å². The lowest BCUT2D eigenvalue weighted by molar-refractivity contribution is 0.460. The van der Waals surface area contributed by atoms with Crippen molar-refractivity contribution in [1.29, 1.82) is 0 Å². The van der Waals surface area contributed by atoms with Crippen molar-refractivity contribution < 1.29 is 8.42 Å². The smallest absolute Gasteiger partial charge is 0.211 e. The lowest BCUT2D eigenvalue weighted by atomic mass is 9.99. The molecule has 0 aromatic carbocycles. The number of nitrogens with zero attached hydrogens (tertiary/aromatic N) is 3. The molecule has 0 aliphatic carbocycles. The van der Waals surface area contributed by atoms with E-state index in [9.17, 15) is 8.42 Å². The van der Waals surface area contributed by atoms with E-state index in [-0.39, 0.29) is 0 Å². The Morgan fingerprint density at radius 3 is 2.91 bits per heavy atom. The van der Waals surface area contributed by atoms with Gasteiger partial charge in [0.2, 0.25) is 10.0 Å². The monoisotopic (exact) mass is 337 g/mol. The molecule has 7 heteroatoms. The second-order valence-electron chi connectivity index (χ2n) is 5.82. The van der Waals surface area contributed by atoms with Crippen LogP contribution in [0.3, 0.4) is 0 Å². The molecule has 1 saturated heterocycles. The van der Waals surface area contributed by atoms with Gasteiger partial charge >= 0.3 is 0 Å². The summed E-state index contributed by atoms with van der Waals surface area (Å²) in [6.45, 7) is 3.22. The van der Waals surface area contributed by atoms with Crippen molar-refractivity contribution in [3.05, 3.63) is 35.0 Å². The van der Waals surface area contributed by atoms with Crippen LogP contribution in [0, 0.1) is 12.8 Å². The van der Waals surface area contributed by atoms with Crippen LogP contribution in [0.4, 0.5) is 0 Å². The molecule has 0 N–H and O–H groups in total. The van der Waals surface area contributed by atoms with Crippen molar-refractivity contribution in [1.82, 2.24) is 14.3 Å². The van der Waals surface area contributed by atoms with Crippen LogP contribution in [0.25, 0.3) is 10.7 Å². The highest BCUT2D eigenvalue weighted by Crippen LogP contribution is 2.26. The standard InChI is InChI=1S/C15H19N3O2S2/c1-11-10-21-15(17-11)14-8-12(3-5-16-14)7-13-4-6-18(9-13)22(2,19)20/h3,5,8,10,13H,4,6-7,9H2,1-2H3/t13-/m1/s1. The van der Waals surface area contributed by atoms with Gasteiger partial charge in [0.1, 0.15) is 5.01 Å². The van der Waals surface area contributed by atoms with Gasteiger partial charge in [-0.15, -0.1) is 11.3 Å². The zero-order valence-electron chi connectivity index (χ0n) is 12.7. The summed E-state index contributed by atoms with van der Waals surface area (Å²) in [5, 5.41) is 2.95. The first-order valence-electron chi connectivity index (χ1n) is 7.24. The molecule has 1 atom stereocenters. The molecular formula is C15H19N3O2S2. The minimum absolute atomic E-state index is 0.378. The van der Waals surface area contributed by atoms with Crippen molar-refractivity contribution in [3.8, 4) is 10.7 Å². The highest BCUT2D eigenvalue weighted by Gasteiger charge is 2.28. The van der Waals surface area contributed by atoms with E-state index < -0.39 is 10.0 Å². The fourth-order valence-electron chi connectivity index (χ4n) is 2.79. The lowest BCUT2D eigenvalue weighted by Crippen LogP contribution is -2.27. The zero-order chi connectivity index (χ0) is 15.7. The fraction of sp³-hybridized carbons (Fsp3) is 0.467. The van der Waals surface area contributed by atoms with Crippen LogP contribution in [0.1, 0.15) is 17.7 Å². The van der Waals surface area contributed by atoms with Gasteiger partial charge in [0.05, 0.1) is 11.9 Å². The normalized spacial score (nSPS) is 19.6. The van der Waals surface area contributed by atoms with Gasteiger partial charge in [-0.2, -0.15) is 0 Å². The summed E-state index contributed by atoms with van der Waals surface area (Å²) >= 11 is 1.60. The van der Waals surface area contributed by atoms with Crippen LogP contribution in [0.2, 0.25) is 0 Å². The topological polar surface area (TPSA) is 63.2 Å². The van der Waals surface area contributed by atoms with E-state index in [0.717, 1.165) is 29.2 Å². The van der Waals surface area contributed by atoms with Crippen LogP contribution < -0.4 is 0 Å². The number of aryl methyl sites for hydroxylation is 1. The minimum Gasteiger partial charge on any atom is -0.254 e. The summed E-state index contributed by atoms with van der Waals surface area (Å²) in [7, 11) is -3.06. The van der Waals surface area contributed by atoms with Crippen LogP contribution in [0.5, 0.6) is 0 Å². The Hall–Kier alpha value is -1.31.